The minimum absolute atomic E-state index is 0.785. The summed E-state index contributed by atoms with van der Waals surface area (Å²) >= 11 is 0. The Balaban J connectivity index is 1.50. The second-order valence-electron chi connectivity index (χ2n) is 10.2. The van der Waals surface area contributed by atoms with E-state index in [-0.39, 0.29) is 0 Å². The van der Waals surface area contributed by atoms with Crippen LogP contribution in [0.1, 0.15) is 112 Å². The summed E-state index contributed by atoms with van der Waals surface area (Å²) in [6.07, 6.45) is 15.8. The molecule has 2 aromatic carbocycles. The Morgan fingerprint density at radius 3 is 2.25 bits per heavy atom. The summed E-state index contributed by atoms with van der Waals surface area (Å²) in [6, 6.07) is 14.1. The van der Waals surface area contributed by atoms with E-state index in [4.69, 9.17) is 4.74 Å². The first kappa shape index (κ1) is 24.9. The minimum Gasteiger partial charge on any atom is -0.493 e. The molecule has 1 aliphatic carbocycles. The molecule has 176 valence electrons. The third kappa shape index (κ3) is 7.39. The average molecular weight is 435 g/mol. The van der Waals surface area contributed by atoms with Crippen LogP contribution >= 0.6 is 0 Å². The van der Waals surface area contributed by atoms with E-state index in [1.807, 2.05) is 0 Å². The van der Waals surface area contributed by atoms with Gasteiger partial charge in [-0.05, 0) is 105 Å². The molecule has 32 heavy (non-hydrogen) atoms. The maximum Gasteiger partial charge on any atom is 0.122 e. The van der Waals surface area contributed by atoms with Gasteiger partial charge in [0.2, 0.25) is 0 Å². The molecule has 0 unspecified atom stereocenters. The van der Waals surface area contributed by atoms with Gasteiger partial charge in [-0.25, -0.2) is 0 Å². The molecule has 1 heteroatoms. The zero-order valence-electron chi connectivity index (χ0n) is 21.2. The molecule has 0 aliphatic heterocycles. The smallest absolute Gasteiger partial charge is 0.122 e. The maximum absolute atomic E-state index is 5.92. The van der Waals surface area contributed by atoms with Crippen LogP contribution in [0.5, 0.6) is 5.75 Å². The highest BCUT2D eigenvalue weighted by Crippen LogP contribution is 2.38. The molecular formula is C31H46O. The molecule has 0 N–H and O–H groups in total. The van der Waals surface area contributed by atoms with E-state index in [9.17, 15) is 0 Å². The van der Waals surface area contributed by atoms with Gasteiger partial charge in [-0.2, -0.15) is 0 Å². The molecular weight excluding hydrogens is 388 g/mol. The third-order valence-electron chi connectivity index (χ3n) is 7.58. The van der Waals surface area contributed by atoms with E-state index in [0.717, 1.165) is 43.5 Å². The normalized spacial score (nSPS) is 18.6. The highest BCUT2D eigenvalue weighted by Gasteiger charge is 2.22. The van der Waals surface area contributed by atoms with E-state index >= 15 is 0 Å². The molecule has 0 radical (unpaired) electrons. The van der Waals surface area contributed by atoms with Gasteiger partial charge in [0.1, 0.15) is 5.75 Å². The molecule has 1 nitrogen and oxygen atoms in total. The molecule has 1 aliphatic rings. The van der Waals surface area contributed by atoms with Gasteiger partial charge in [0.15, 0.2) is 0 Å². The fourth-order valence-corrected chi connectivity index (χ4v) is 5.36. The predicted octanol–water partition coefficient (Wildman–Crippen LogP) is 9.12. The molecule has 0 heterocycles. The van der Waals surface area contributed by atoms with Gasteiger partial charge >= 0.3 is 0 Å². The van der Waals surface area contributed by atoms with Crippen molar-refractivity contribution in [1.82, 2.24) is 0 Å². The van der Waals surface area contributed by atoms with Crippen LogP contribution in [0, 0.1) is 19.8 Å². The number of benzene rings is 2. The van der Waals surface area contributed by atoms with Crippen LogP contribution in [-0.2, 0) is 12.8 Å². The zero-order chi connectivity index (χ0) is 22.8. The third-order valence-corrected chi connectivity index (χ3v) is 7.58. The Hall–Kier alpha value is -1.76. The van der Waals surface area contributed by atoms with E-state index in [0.29, 0.717) is 0 Å². The molecule has 0 saturated heterocycles. The number of ether oxygens (including phenoxy) is 1. The number of hydrogen-bond donors (Lipinski definition) is 0. The monoisotopic (exact) mass is 434 g/mol. The van der Waals surface area contributed by atoms with Crippen LogP contribution in [0.3, 0.4) is 0 Å². The Labute approximate surface area is 198 Å². The van der Waals surface area contributed by atoms with Crippen molar-refractivity contribution < 1.29 is 4.74 Å². The maximum atomic E-state index is 5.92. The fraction of sp³-hybridized carbons (Fsp3) is 0.613. The van der Waals surface area contributed by atoms with Crippen LogP contribution in [0.25, 0.3) is 0 Å². The first-order valence-electron chi connectivity index (χ1n) is 13.4. The van der Waals surface area contributed by atoms with Crippen LogP contribution in [-0.4, -0.2) is 6.61 Å². The summed E-state index contributed by atoms with van der Waals surface area (Å²) < 4.78 is 5.92. The molecule has 0 atom stereocenters. The van der Waals surface area contributed by atoms with E-state index in [1.165, 1.54) is 80.0 Å². The Bertz CT molecular complexity index is 813. The Morgan fingerprint density at radius 1 is 0.781 bits per heavy atom. The van der Waals surface area contributed by atoms with E-state index in [1.54, 1.807) is 5.56 Å². The topological polar surface area (TPSA) is 9.23 Å². The second-order valence-corrected chi connectivity index (χ2v) is 10.2. The summed E-state index contributed by atoms with van der Waals surface area (Å²) in [4.78, 5) is 0. The van der Waals surface area contributed by atoms with Crippen molar-refractivity contribution in [3.63, 3.8) is 0 Å². The van der Waals surface area contributed by atoms with Crippen molar-refractivity contribution >= 4 is 0 Å². The fourth-order valence-electron chi connectivity index (χ4n) is 5.36. The highest BCUT2D eigenvalue weighted by atomic mass is 16.5. The number of hydrogen-bond acceptors (Lipinski definition) is 1. The summed E-state index contributed by atoms with van der Waals surface area (Å²) in [7, 11) is 0. The lowest BCUT2D eigenvalue weighted by molar-refractivity contribution is 0.302. The van der Waals surface area contributed by atoms with Gasteiger partial charge in [0.25, 0.3) is 0 Å². The Morgan fingerprint density at radius 2 is 1.56 bits per heavy atom. The second kappa shape index (κ2) is 13.1. The van der Waals surface area contributed by atoms with E-state index < -0.39 is 0 Å². The summed E-state index contributed by atoms with van der Waals surface area (Å²) in [5.74, 6) is 2.82. The Kier molecular flexibility index (Phi) is 10.2. The van der Waals surface area contributed by atoms with Crippen molar-refractivity contribution in [2.45, 2.75) is 111 Å². The molecule has 1 saturated carbocycles. The number of aryl methyl sites for hydroxylation is 4. The number of rotatable bonds is 12. The van der Waals surface area contributed by atoms with Crippen molar-refractivity contribution in [1.29, 1.82) is 0 Å². The van der Waals surface area contributed by atoms with Crippen molar-refractivity contribution in [3.8, 4) is 5.75 Å². The molecule has 0 aromatic heterocycles. The highest BCUT2D eigenvalue weighted by molar-refractivity contribution is 5.38. The van der Waals surface area contributed by atoms with Crippen LogP contribution in [0.4, 0.5) is 0 Å². The summed E-state index contributed by atoms with van der Waals surface area (Å²) in [5, 5.41) is 0. The summed E-state index contributed by atoms with van der Waals surface area (Å²) in [6.45, 7) is 9.81. The SMILES string of the molecule is CCCCCC1CCC(c2ccc(CCc3ccc(OCCCC)c(C)c3)c(C)c2)CC1. The van der Waals surface area contributed by atoms with Gasteiger partial charge < -0.3 is 4.74 Å². The molecule has 0 bridgehead atoms. The molecule has 0 spiro atoms. The predicted molar refractivity (Wildman–Crippen MR) is 139 cm³/mol. The van der Waals surface area contributed by atoms with Gasteiger partial charge in [-0.3, -0.25) is 0 Å². The van der Waals surface area contributed by atoms with Crippen molar-refractivity contribution in [3.05, 3.63) is 64.2 Å². The van der Waals surface area contributed by atoms with Gasteiger partial charge in [-0.1, -0.05) is 76.3 Å². The van der Waals surface area contributed by atoms with E-state index in [2.05, 4.69) is 64.1 Å². The summed E-state index contributed by atoms with van der Waals surface area (Å²) in [5.41, 5.74) is 7.24. The first-order chi connectivity index (χ1) is 15.6. The standard InChI is InChI=1S/C31H46O/c1-5-7-9-10-26-11-16-29(17-12-26)30-19-18-28(24(3)23-30)15-13-27-14-20-31(25(4)22-27)32-21-8-6-2/h14,18-20,22-23,26,29H,5-13,15-17,21H2,1-4H3. The van der Waals surface area contributed by atoms with Crippen molar-refractivity contribution in [2.24, 2.45) is 5.92 Å². The average Bonchev–Trinajstić information content (AvgIpc) is 2.80. The quantitative estimate of drug-likeness (QED) is 0.303. The lowest BCUT2D eigenvalue weighted by Crippen LogP contribution is -2.13. The molecule has 2 aromatic rings. The van der Waals surface area contributed by atoms with Crippen LogP contribution < -0.4 is 4.74 Å². The van der Waals surface area contributed by atoms with Gasteiger partial charge in [-0.15, -0.1) is 0 Å². The zero-order valence-corrected chi connectivity index (χ0v) is 21.2. The van der Waals surface area contributed by atoms with Crippen LogP contribution in [0.2, 0.25) is 0 Å². The minimum atomic E-state index is 0.785. The number of unbranched alkanes of at least 4 members (excludes halogenated alkanes) is 3. The molecule has 1 fully saturated rings. The van der Waals surface area contributed by atoms with Crippen molar-refractivity contribution in [2.75, 3.05) is 6.61 Å². The van der Waals surface area contributed by atoms with Gasteiger partial charge in [0.05, 0.1) is 6.61 Å². The largest absolute Gasteiger partial charge is 0.493 e. The molecule has 3 rings (SSSR count). The first-order valence-corrected chi connectivity index (χ1v) is 13.4. The van der Waals surface area contributed by atoms with Crippen LogP contribution in [0.15, 0.2) is 36.4 Å². The lowest BCUT2D eigenvalue weighted by atomic mass is 9.76. The van der Waals surface area contributed by atoms with Gasteiger partial charge in [0, 0.05) is 0 Å². The lowest BCUT2D eigenvalue weighted by Gasteiger charge is -2.29. The molecule has 0 amide bonds.